The van der Waals surface area contributed by atoms with E-state index in [-0.39, 0.29) is 34.5 Å². The molecule has 0 N–H and O–H groups in total. The van der Waals surface area contributed by atoms with Crippen LogP contribution in [-0.4, -0.2) is 13.0 Å². The minimum absolute atomic E-state index is 0. The van der Waals surface area contributed by atoms with Crippen molar-refractivity contribution < 1.29 is 42.5 Å². The molecule has 0 heterocycles. The Balaban J connectivity index is 0.00000312. The summed E-state index contributed by atoms with van der Waals surface area (Å²) >= 11 is 0. The zero-order valence-corrected chi connectivity index (χ0v) is 18.5. The maximum absolute atomic E-state index is 11.9. The Kier molecular flexibility index (Phi) is 9.68. The van der Waals surface area contributed by atoms with Crippen LogP contribution in [0.5, 0.6) is 0 Å². The van der Waals surface area contributed by atoms with E-state index in [9.17, 15) is 13.0 Å². The van der Waals surface area contributed by atoms with Crippen LogP contribution in [0.1, 0.15) is 63.5 Å². The first-order chi connectivity index (χ1) is 11.5. The van der Waals surface area contributed by atoms with E-state index in [1.54, 1.807) is 6.07 Å². The molecule has 25 heavy (non-hydrogen) atoms. The Labute approximate surface area is 174 Å². The van der Waals surface area contributed by atoms with Gasteiger partial charge in [0, 0.05) is 0 Å². The van der Waals surface area contributed by atoms with E-state index >= 15 is 0 Å². The van der Waals surface area contributed by atoms with Crippen molar-refractivity contribution in [2.75, 3.05) is 0 Å². The third-order valence-corrected chi connectivity index (χ3v) is 5.45. The molecule has 2 aromatic rings. The molecule has 2 aromatic carbocycles. The second-order valence-electron chi connectivity index (χ2n) is 6.43. The van der Waals surface area contributed by atoms with Gasteiger partial charge in [0.25, 0.3) is 0 Å². The number of fused-ring (bicyclic) bond motifs is 1. The summed E-state index contributed by atoms with van der Waals surface area (Å²) in [5.41, 5.74) is 1.68. The van der Waals surface area contributed by atoms with Gasteiger partial charge < -0.3 is 4.55 Å². The molecule has 0 radical (unpaired) electrons. The van der Waals surface area contributed by atoms with Gasteiger partial charge in [-0.3, -0.25) is 0 Å². The van der Waals surface area contributed by atoms with Gasteiger partial charge in [0.1, 0.15) is 10.1 Å². The first-order valence-corrected chi connectivity index (χ1v) is 10.4. The fourth-order valence-electron chi connectivity index (χ4n) is 3.29. The van der Waals surface area contributed by atoms with Crippen LogP contribution in [-0.2, 0) is 23.0 Å². The number of aryl methyl sites for hydroxylation is 2. The Morgan fingerprint density at radius 1 is 0.880 bits per heavy atom. The van der Waals surface area contributed by atoms with E-state index in [0.29, 0.717) is 12.0 Å². The molecule has 0 unspecified atom stereocenters. The van der Waals surface area contributed by atoms with Gasteiger partial charge in [-0.25, -0.2) is 8.42 Å². The summed E-state index contributed by atoms with van der Waals surface area (Å²) in [6, 6.07) is 9.53. The van der Waals surface area contributed by atoms with Crippen LogP contribution in [0.25, 0.3) is 10.8 Å². The molecule has 0 aromatic heterocycles. The van der Waals surface area contributed by atoms with Crippen LogP contribution in [0, 0.1) is 0 Å². The van der Waals surface area contributed by atoms with Crippen molar-refractivity contribution in [3.63, 3.8) is 0 Å². The molecule has 0 fully saturated rings. The third kappa shape index (κ3) is 6.07. The van der Waals surface area contributed by atoms with Crippen LogP contribution in [0.2, 0.25) is 0 Å². The first kappa shape index (κ1) is 22.7. The van der Waals surface area contributed by atoms with Crippen molar-refractivity contribution in [1.82, 2.24) is 0 Å². The maximum atomic E-state index is 11.9. The van der Waals surface area contributed by atoms with Crippen LogP contribution >= 0.6 is 0 Å². The quantitative estimate of drug-likeness (QED) is 0.386. The molecule has 0 bridgehead atoms. The van der Waals surface area contributed by atoms with Gasteiger partial charge in [-0.2, -0.15) is 0 Å². The Morgan fingerprint density at radius 2 is 1.44 bits per heavy atom. The van der Waals surface area contributed by atoms with E-state index in [1.165, 1.54) is 0 Å². The molecule has 0 saturated heterocycles. The Hall–Kier alpha value is -0.390. The van der Waals surface area contributed by atoms with Gasteiger partial charge in [0.15, 0.2) is 0 Å². The second-order valence-corrected chi connectivity index (χ2v) is 7.77. The van der Waals surface area contributed by atoms with Crippen molar-refractivity contribution >= 4 is 20.9 Å². The average Bonchev–Trinajstić information content (AvgIpc) is 2.55. The normalized spacial score (nSPS) is 11.5. The molecule has 132 valence electrons. The van der Waals surface area contributed by atoms with Gasteiger partial charge in [0.2, 0.25) is 0 Å². The van der Waals surface area contributed by atoms with Crippen molar-refractivity contribution in [2.24, 2.45) is 0 Å². The third-order valence-electron chi connectivity index (χ3n) is 4.55. The van der Waals surface area contributed by atoms with Crippen LogP contribution in [0.15, 0.2) is 35.2 Å². The Bertz CT molecular complexity index is 785. The molecule has 0 spiro atoms. The van der Waals surface area contributed by atoms with Gasteiger partial charge in [-0.05, 0) is 53.6 Å². The zero-order chi connectivity index (χ0) is 17.6. The molecule has 5 heteroatoms. The van der Waals surface area contributed by atoms with E-state index in [0.717, 1.165) is 61.3 Å². The number of rotatable bonds is 9. The van der Waals surface area contributed by atoms with Gasteiger partial charge in [-0.15, -0.1) is 0 Å². The fraction of sp³-hybridized carbons (Fsp3) is 0.500. The average molecular weight is 370 g/mol. The number of unbranched alkanes of at least 4 members (excludes halogenated alkanes) is 4. The molecule has 2 rings (SSSR count). The van der Waals surface area contributed by atoms with Gasteiger partial charge >= 0.3 is 29.6 Å². The standard InChI is InChI=1S/C20H28O3S.Na/c1-3-5-7-11-16-15-20(24(21,22)23)19(14-8-6-4-2)18-13-10-9-12-17(16)18;/h9-10,12-13,15H,3-8,11,14H2,1-2H3,(H,21,22,23);/q;+1/p-1. The summed E-state index contributed by atoms with van der Waals surface area (Å²) in [6.45, 7) is 4.25. The predicted molar refractivity (Wildman–Crippen MR) is 98.4 cm³/mol. The smallest absolute Gasteiger partial charge is 0.744 e. The van der Waals surface area contributed by atoms with Crippen LogP contribution < -0.4 is 29.6 Å². The molecule has 0 saturated carbocycles. The summed E-state index contributed by atoms with van der Waals surface area (Å²) in [7, 11) is -4.47. The van der Waals surface area contributed by atoms with E-state index in [4.69, 9.17) is 0 Å². The van der Waals surface area contributed by atoms with Crippen molar-refractivity contribution in [3.8, 4) is 0 Å². The minimum atomic E-state index is -4.47. The van der Waals surface area contributed by atoms with E-state index < -0.39 is 10.1 Å². The van der Waals surface area contributed by atoms with Crippen LogP contribution in [0.3, 0.4) is 0 Å². The topological polar surface area (TPSA) is 57.2 Å². The monoisotopic (exact) mass is 370 g/mol. The molecule has 0 aliphatic rings. The number of hydrogen-bond acceptors (Lipinski definition) is 3. The predicted octanol–water partition coefficient (Wildman–Crippen LogP) is 2.21. The summed E-state index contributed by atoms with van der Waals surface area (Å²) < 4.78 is 35.6. The molecule has 0 amide bonds. The van der Waals surface area contributed by atoms with Gasteiger partial charge in [-0.1, -0.05) is 63.8 Å². The van der Waals surface area contributed by atoms with Crippen LogP contribution in [0.4, 0.5) is 0 Å². The molecule has 3 nitrogen and oxygen atoms in total. The van der Waals surface area contributed by atoms with Crippen molar-refractivity contribution in [2.45, 2.75) is 70.1 Å². The second kappa shape index (κ2) is 10.7. The molecule has 0 aliphatic carbocycles. The van der Waals surface area contributed by atoms with E-state index in [1.807, 2.05) is 24.3 Å². The Morgan fingerprint density at radius 3 is 2.00 bits per heavy atom. The number of hydrogen-bond donors (Lipinski definition) is 0. The summed E-state index contributed by atoms with van der Waals surface area (Å²) in [4.78, 5) is -0.0104. The maximum Gasteiger partial charge on any atom is 1.00 e. The first-order valence-electron chi connectivity index (χ1n) is 8.98. The molecular formula is C20H27NaO3S. The minimum Gasteiger partial charge on any atom is -0.744 e. The fourth-order valence-corrected chi connectivity index (χ4v) is 4.09. The summed E-state index contributed by atoms with van der Waals surface area (Å²) in [6.07, 6.45) is 7.67. The largest absolute Gasteiger partial charge is 1.00 e. The molecular weight excluding hydrogens is 343 g/mol. The SMILES string of the molecule is CCCCCc1cc(S(=O)(=O)[O-])c(CCCCC)c2ccccc12.[Na+]. The van der Waals surface area contributed by atoms with Crippen molar-refractivity contribution in [3.05, 3.63) is 41.5 Å². The summed E-state index contributed by atoms with van der Waals surface area (Å²) in [5.74, 6) is 0. The zero-order valence-electron chi connectivity index (χ0n) is 15.7. The van der Waals surface area contributed by atoms with Gasteiger partial charge in [0.05, 0.1) is 4.90 Å². The summed E-state index contributed by atoms with van der Waals surface area (Å²) in [5, 5.41) is 2.02. The molecule has 0 aliphatic heterocycles. The molecule has 0 atom stereocenters. The van der Waals surface area contributed by atoms with E-state index in [2.05, 4.69) is 13.8 Å². The number of benzene rings is 2. The van der Waals surface area contributed by atoms with Crippen molar-refractivity contribution in [1.29, 1.82) is 0 Å².